The predicted molar refractivity (Wildman–Crippen MR) is 180 cm³/mol. The Bertz CT molecular complexity index is 753. The smallest absolute Gasteiger partial charge is 0.119 e. The molecule has 0 radical (unpaired) electrons. The molecule has 0 saturated carbocycles. The van der Waals surface area contributed by atoms with E-state index in [1.165, 1.54) is 0 Å². The highest BCUT2D eigenvalue weighted by atomic mass is 16.6. The van der Waals surface area contributed by atoms with Gasteiger partial charge in [-0.25, -0.2) is 0 Å². The van der Waals surface area contributed by atoms with Crippen molar-refractivity contribution in [3.8, 4) is 5.75 Å². The molecule has 0 unspecified atom stereocenters. The molecule has 15 heteroatoms. The van der Waals surface area contributed by atoms with Gasteiger partial charge in [0.25, 0.3) is 0 Å². The van der Waals surface area contributed by atoms with Crippen LogP contribution in [0.1, 0.15) is 0 Å². The van der Waals surface area contributed by atoms with E-state index in [2.05, 4.69) is 5.32 Å². The Balaban J connectivity index is 1.61. The molecule has 0 atom stereocenters. The first-order chi connectivity index (χ1) is 23.8. The van der Waals surface area contributed by atoms with Gasteiger partial charge in [-0.05, 0) is 31.3 Å². The zero-order chi connectivity index (χ0) is 34.3. The highest BCUT2D eigenvalue weighted by Crippen LogP contribution is 2.12. The zero-order valence-corrected chi connectivity index (χ0v) is 29.1. The molecule has 0 saturated heterocycles. The van der Waals surface area contributed by atoms with Crippen LogP contribution in [0.5, 0.6) is 5.75 Å². The summed E-state index contributed by atoms with van der Waals surface area (Å²) in [5.41, 5.74) is 6.35. The molecule has 1 aromatic rings. The lowest BCUT2D eigenvalue weighted by Crippen LogP contribution is -2.17. The van der Waals surface area contributed by atoms with Gasteiger partial charge in [0.1, 0.15) is 12.4 Å². The van der Waals surface area contributed by atoms with E-state index in [0.717, 1.165) is 12.3 Å². The third-order valence-corrected chi connectivity index (χ3v) is 5.96. The summed E-state index contributed by atoms with van der Waals surface area (Å²) in [5, 5.41) is 3.02. The number of rotatable bonds is 40. The zero-order valence-electron chi connectivity index (χ0n) is 29.1. The number of anilines is 1. The molecule has 0 aliphatic heterocycles. The summed E-state index contributed by atoms with van der Waals surface area (Å²) in [6.07, 6.45) is 0. The molecule has 0 heterocycles. The molecule has 0 aliphatic rings. The monoisotopic (exact) mass is 694 g/mol. The van der Waals surface area contributed by atoms with Gasteiger partial charge in [0.05, 0.1) is 159 Å². The largest absolute Gasteiger partial charge is 0.491 e. The van der Waals surface area contributed by atoms with Gasteiger partial charge in [-0.3, -0.25) is 0 Å². The second kappa shape index (κ2) is 38.1. The van der Waals surface area contributed by atoms with E-state index in [9.17, 15) is 0 Å². The minimum Gasteiger partial charge on any atom is -0.491 e. The van der Waals surface area contributed by atoms with E-state index in [1.807, 2.05) is 19.2 Å². The lowest BCUT2D eigenvalue weighted by molar-refractivity contribution is -0.0285. The number of hydrogen-bond acceptors (Lipinski definition) is 15. The van der Waals surface area contributed by atoms with Crippen LogP contribution in [0.2, 0.25) is 0 Å². The lowest BCUT2D eigenvalue weighted by atomic mass is 10.3. The number of hydrogen-bond donors (Lipinski definition) is 2. The number of ether oxygens (including phenoxy) is 13. The Labute approximate surface area is 287 Å². The van der Waals surface area contributed by atoms with Gasteiger partial charge in [0.15, 0.2) is 0 Å². The maximum absolute atomic E-state index is 5.64. The molecule has 0 spiro atoms. The van der Waals surface area contributed by atoms with E-state index in [4.69, 9.17) is 67.3 Å². The summed E-state index contributed by atoms with van der Waals surface area (Å²) in [6, 6.07) is 7.26. The van der Waals surface area contributed by atoms with Crippen LogP contribution in [0.4, 0.5) is 5.69 Å². The average molecular weight is 695 g/mol. The van der Waals surface area contributed by atoms with Gasteiger partial charge >= 0.3 is 0 Å². The van der Waals surface area contributed by atoms with Crippen molar-refractivity contribution in [1.29, 1.82) is 0 Å². The molecule has 0 amide bonds. The maximum atomic E-state index is 5.64. The molecule has 3 N–H and O–H groups in total. The van der Waals surface area contributed by atoms with Crippen LogP contribution in [0, 0.1) is 0 Å². The quantitative estimate of drug-likeness (QED) is 0.0742. The summed E-state index contributed by atoms with van der Waals surface area (Å²) in [4.78, 5) is 0. The van der Waals surface area contributed by atoms with Crippen LogP contribution in [0.15, 0.2) is 24.3 Å². The SMILES string of the molecule is CNCCOCCOCCOCCOCCOCCOCCOCCOCCOCCOCCOCCOCCOc1ccc(N)cc1. The molecule has 0 bridgehead atoms. The number of benzene rings is 1. The Hall–Kier alpha value is -1.70. The van der Waals surface area contributed by atoms with Crippen LogP contribution in [-0.2, 0) is 56.8 Å². The van der Waals surface area contributed by atoms with Crippen molar-refractivity contribution in [3.63, 3.8) is 0 Å². The number of nitrogens with two attached hydrogens (primary N) is 1. The van der Waals surface area contributed by atoms with Crippen LogP contribution < -0.4 is 15.8 Å². The standard InChI is InChI=1S/C33H62N2O13/c1-35-6-7-36-8-9-37-10-11-38-12-13-39-14-15-40-16-17-41-18-19-42-20-21-43-22-23-44-24-25-45-26-27-46-28-29-47-30-31-48-33-4-2-32(34)3-5-33/h2-5,35H,6-31,34H2,1H3. The first-order valence-corrected chi connectivity index (χ1v) is 16.9. The van der Waals surface area contributed by atoms with E-state index < -0.39 is 0 Å². The van der Waals surface area contributed by atoms with Gasteiger partial charge < -0.3 is 72.6 Å². The second-order valence-corrected chi connectivity index (χ2v) is 9.87. The molecule has 0 aromatic heterocycles. The first-order valence-electron chi connectivity index (χ1n) is 16.9. The van der Waals surface area contributed by atoms with Crippen LogP contribution >= 0.6 is 0 Å². The first kappa shape index (κ1) is 44.3. The number of nitrogen functional groups attached to an aromatic ring is 1. The summed E-state index contributed by atoms with van der Waals surface area (Å²) < 4.78 is 71.1. The molecule has 0 aliphatic carbocycles. The summed E-state index contributed by atoms with van der Waals surface area (Å²) in [5.74, 6) is 0.771. The summed E-state index contributed by atoms with van der Waals surface area (Å²) >= 11 is 0. The van der Waals surface area contributed by atoms with E-state index in [0.29, 0.717) is 171 Å². The van der Waals surface area contributed by atoms with Crippen molar-refractivity contribution in [3.05, 3.63) is 24.3 Å². The third-order valence-electron chi connectivity index (χ3n) is 5.96. The van der Waals surface area contributed by atoms with Crippen molar-refractivity contribution in [2.45, 2.75) is 0 Å². The van der Waals surface area contributed by atoms with Crippen LogP contribution in [-0.4, -0.2) is 179 Å². The van der Waals surface area contributed by atoms with Crippen molar-refractivity contribution in [2.24, 2.45) is 0 Å². The average Bonchev–Trinajstić information content (AvgIpc) is 3.10. The third kappa shape index (κ3) is 34.2. The van der Waals surface area contributed by atoms with E-state index in [1.54, 1.807) is 12.1 Å². The highest BCUT2D eigenvalue weighted by molar-refractivity contribution is 5.41. The molecule has 1 rings (SSSR count). The van der Waals surface area contributed by atoms with Gasteiger partial charge in [-0.1, -0.05) is 0 Å². The van der Waals surface area contributed by atoms with Crippen molar-refractivity contribution in [1.82, 2.24) is 5.32 Å². The molecule has 1 aromatic carbocycles. The predicted octanol–water partition coefficient (Wildman–Crippen LogP) is 1.07. The number of likely N-dealkylation sites (N-methyl/N-ethyl adjacent to an activating group) is 1. The fourth-order valence-electron chi connectivity index (χ4n) is 3.48. The fourth-order valence-corrected chi connectivity index (χ4v) is 3.48. The Morgan fingerprint density at radius 1 is 0.354 bits per heavy atom. The Morgan fingerprint density at radius 2 is 0.583 bits per heavy atom. The number of nitrogens with one attached hydrogen (secondary N) is 1. The molecule has 0 fully saturated rings. The topological polar surface area (TPSA) is 158 Å². The van der Waals surface area contributed by atoms with E-state index in [-0.39, 0.29) is 0 Å². The van der Waals surface area contributed by atoms with Gasteiger partial charge in [-0.15, -0.1) is 0 Å². The van der Waals surface area contributed by atoms with Crippen molar-refractivity contribution < 1.29 is 61.6 Å². The second-order valence-electron chi connectivity index (χ2n) is 9.87. The summed E-state index contributed by atoms with van der Waals surface area (Å²) in [6.45, 7) is 13.9. The maximum Gasteiger partial charge on any atom is 0.119 e. The van der Waals surface area contributed by atoms with Gasteiger partial charge in [-0.2, -0.15) is 0 Å². The Kier molecular flexibility index (Phi) is 35.2. The molecule has 282 valence electrons. The molecule has 48 heavy (non-hydrogen) atoms. The summed E-state index contributed by atoms with van der Waals surface area (Å²) in [7, 11) is 1.89. The minimum atomic E-state index is 0.475. The fraction of sp³-hybridized carbons (Fsp3) is 0.818. The van der Waals surface area contributed by atoms with Gasteiger partial charge in [0, 0.05) is 12.2 Å². The molecular formula is C33H62N2O13. The van der Waals surface area contributed by atoms with Crippen LogP contribution in [0.25, 0.3) is 0 Å². The molecule has 15 nitrogen and oxygen atoms in total. The Morgan fingerprint density at radius 3 is 0.833 bits per heavy atom. The molecular weight excluding hydrogens is 632 g/mol. The van der Waals surface area contributed by atoms with Crippen LogP contribution in [0.3, 0.4) is 0 Å². The van der Waals surface area contributed by atoms with Crippen molar-refractivity contribution >= 4 is 5.69 Å². The normalized spacial score (nSPS) is 11.4. The van der Waals surface area contributed by atoms with Crippen molar-refractivity contribution in [2.75, 3.05) is 184 Å². The lowest BCUT2D eigenvalue weighted by Gasteiger charge is -2.09. The highest BCUT2D eigenvalue weighted by Gasteiger charge is 1.98. The minimum absolute atomic E-state index is 0.475. The van der Waals surface area contributed by atoms with E-state index >= 15 is 0 Å². The van der Waals surface area contributed by atoms with Gasteiger partial charge in [0.2, 0.25) is 0 Å².